The summed E-state index contributed by atoms with van der Waals surface area (Å²) in [7, 11) is -2.38. The number of rotatable bonds is 6. The molecule has 25 heavy (non-hydrogen) atoms. The molecule has 0 amide bonds. The van der Waals surface area contributed by atoms with E-state index in [0.29, 0.717) is 10.0 Å². The Kier molecular flexibility index (Phi) is 5.33. The molecule has 0 fully saturated rings. The SMILES string of the molecule is COc1ccc(Cl)cc1S(=O)(=O)NCc1nc(-c2cccnc2)cs1. The molecule has 0 aliphatic heterocycles. The molecule has 6 nitrogen and oxygen atoms in total. The summed E-state index contributed by atoms with van der Waals surface area (Å²) in [6.07, 6.45) is 3.39. The van der Waals surface area contributed by atoms with Gasteiger partial charge in [-0.3, -0.25) is 4.98 Å². The number of sulfonamides is 1. The molecule has 3 aromatic rings. The van der Waals surface area contributed by atoms with Gasteiger partial charge in [0.1, 0.15) is 15.7 Å². The molecule has 0 aliphatic rings. The van der Waals surface area contributed by atoms with E-state index in [9.17, 15) is 8.42 Å². The Balaban J connectivity index is 1.77. The number of halogens is 1. The van der Waals surface area contributed by atoms with Gasteiger partial charge in [0.2, 0.25) is 10.0 Å². The van der Waals surface area contributed by atoms with Crippen LogP contribution in [0, 0.1) is 0 Å². The second-order valence-corrected chi connectivity index (χ2v) is 8.10. The van der Waals surface area contributed by atoms with Crippen LogP contribution in [0.1, 0.15) is 5.01 Å². The number of benzene rings is 1. The van der Waals surface area contributed by atoms with Crippen LogP contribution in [0.4, 0.5) is 0 Å². The summed E-state index contributed by atoms with van der Waals surface area (Å²) >= 11 is 7.27. The standard InChI is InChI=1S/C16H14ClN3O3S2/c1-23-14-5-4-12(17)7-15(14)25(21,22)19-9-16-20-13(10-24-16)11-3-2-6-18-8-11/h2-8,10,19H,9H2,1H3. The van der Waals surface area contributed by atoms with E-state index in [1.807, 2.05) is 17.5 Å². The molecule has 2 heterocycles. The monoisotopic (exact) mass is 395 g/mol. The second kappa shape index (κ2) is 7.49. The van der Waals surface area contributed by atoms with E-state index in [-0.39, 0.29) is 17.2 Å². The largest absolute Gasteiger partial charge is 0.495 e. The van der Waals surface area contributed by atoms with Crippen LogP contribution in [0.15, 0.2) is 53.0 Å². The van der Waals surface area contributed by atoms with Gasteiger partial charge in [-0.25, -0.2) is 18.1 Å². The minimum atomic E-state index is -3.78. The Bertz CT molecular complexity index is 975. The number of nitrogens with one attached hydrogen (secondary N) is 1. The van der Waals surface area contributed by atoms with E-state index in [1.165, 1.54) is 30.6 Å². The van der Waals surface area contributed by atoms with Crippen molar-refractivity contribution in [3.63, 3.8) is 0 Å². The van der Waals surface area contributed by atoms with Crippen LogP contribution in [0.25, 0.3) is 11.3 Å². The first-order valence-corrected chi connectivity index (χ1v) is 9.91. The number of thiazole rings is 1. The topological polar surface area (TPSA) is 81.2 Å². The van der Waals surface area contributed by atoms with Gasteiger partial charge in [-0.2, -0.15) is 0 Å². The van der Waals surface area contributed by atoms with Crippen molar-refractivity contribution >= 4 is 33.0 Å². The quantitative estimate of drug-likeness (QED) is 0.692. The molecule has 0 radical (unpaired) electrons. The average molecular weight is 396 g/mol. The zero-order chi connectivity index (χ0) is 17.9. The van der Waals surface area contributed by atoms with Gasteiger partial charge in [0, 0.05) is 28.4 Å². The van der Waals surface area contributed by atoms with E-state index >= 15 is 0 Å². The first kappa shape index (κ1) is 17.8. The Morgan fingerprint density at radius 3 is 2.88 bits per heavy atom. The molecular weight excluding hydrogens is 382 g/mol. The molecule has 0 bridgehead atoms. The zero-order valence-electron chi connectivity index (χ0n) is 13.1. The van der Waals surface area contributed by atoms with Gasteiger partial charge < -0.3 is 4.74 Å². The van der Waals surface area contributed by atoms with Crippen LogP contribution < -0.4 is 9.46 Å². The minimum Gasteiger partial charge on any atom is -0.495 e. The van der Waals surface area contributed by atoms with Gasteiger partial charge in [-0.1, -0.05) is 11.6 Å². The second-order valence-electron chi connectivity index (χ2n) is 4.99. The zero-order valence-corrected chi connectivity index (χ0v) is 15.5. The first-order valence-electron chi connectivity index (χ1n) is 7.17. The number of nitrogens with zero attached hydrogens (tertiary/aromatic N) is 2. The molecule has 3 rings (SSSR count). The molecule has 0 saturated heterocycles. The van der Waals surface area contributed by atoms with E-state index < -0.39 is 10.0 Å². The third-order valence-electron chi connectivity index (χ3n) is 3.34. The summed E-state index contributed by atoms with van der Waals surface area (Å²) in [5.74, 6) is 0.229. The maximum atomic E-state index is 12.5. The number of pyridine rings is 1. The number of ether oxygens (including phenoxy) is 1. The van der Waals surface area contributed by atoms with E-state index in [1.54, 1.807) is 18.5 Å². The predicted molar refractivity (Wildman–Crippen MR) is 97.4 cm³/mol. The minimum absolute atomic E-state index is 0.00783. The third-order valence-corrected chi connectivity index (χ3v) is 5.84. The van der Waals surface area contributed by atoms with Crippen LogP contribution in [0.5, 0.6) is 5.75 Å². The molecule has 0 spiro atoms. The van der Waals surface area contributed by atoms with Crippen LogP contribution in [-0.4, -0.2) is 25.5 Å². The number of methoxy groups -OCH3 is 1. The highest BCUT2D eigenvalue weighted by Gasteiger charge is 2.20. The van der Waals surface area contributed by atoms with Gasteiger partial charge in [-0.05, 0) is 30.3 Å². The summed E-state index contributed by atoms with van der Waals surface area (Å²) < 4.78 is 32.7. The molecule has 2 aromatic heterocycles. The highest BCUT2D eigenvalue weighted by Crippen LogP contribution is 2.27. The van der Waals surface area contributed by atoms with Crippen molar-refractivity contribution in [2.45, 2.75) is 11.4 Å². The fourth-order valence-corrected chi connectivity index (χ4v) is 4.39. The summed E-state index contributed by atoms with van der Waals surface area (Å²) in [5, 5.41) is 2.82. The molecule has 0 unspecified atom stereocenters. The van der Waals surface area contributed by atoms with Crippen molar-refractivity contribution in [3.05, 3.63) is 58.1 Å². The van der Waals surface area contributed by atoms with Gasteiger partial charge in [0.15, 0.2) is 0 Å². The predicted octanol–water partition coefficient (Wildman–Crippen LogP) is 3.35. The van der Waals surface area contributed by atoms with Crippen molar-refractivity contribution in [1.29, 1.82) is 0 Å². The molecule has 1 N–H and O–H groups in total. The van der Waals surface area contributed by atoms with Crippen molar-refractivity contribution in [3.8, 4) is 17.0 Å². The Morgan fingerprint density at radius 1 is 1.32 bits per heavy atom. The summed E-state index contributed by atoms with van der Waals surface area (Å²) in [6.45, 7) is 0.0724. The molecule has 0 atom stereocenters. The van der Waals surface area contributed by atoms with Gasteiger partial charge in [0.25, 0.3) is 0 Å². The lowest BCUT2D eigenvalue weighted by Crippen LogP contribution is -2.23. The fraction of sp³-hybridized carbons (Fsp3) is 0.125. The number of hydrogen-bond donors (Lipinski definition) is 1. The third kappa shape index (κ3) is 4.16. The van der Waals surface area contributed by atoms with Crippen LogP contribution in [0.2, 0.25) is 5.02 Å². The molecule has 130 valence electrons. The Morgan fingerprint density at radius 2 is 2.16 bits per heavy atom. The van der Waals surface area contributed by atoms with Gasteiger partial charge in [0.05, 0.1) is 19.3 Å². The molecule has 9 heteroatoms. The molecule has 1 aromatic carbocycles. The normalized spacial score (nSPS) is 11.4. The highest BCUT2D eigenvalue weighted by molar-refractivity contribution is 7.89. The summed E-state index contributed by atoms with van der Waals surface area (Å²) in [4.78, 5) is 8.47. The van der Waals surface area contributed by atoms with E-state index in [0.717, 1.165) is 11.3 Å². The van der Waals surface area contributed by atoms with Crippen molar-refractivity contribution in [2.24, 2.45) is 0 Å². The summed E-state index contributed by atoms with van der Waals surface area (Å²) in [6, 6.07) is 8.15. The first-order chi connectivity index (χ1) is 12.0. The molecular formula is C16H14ClN3O3S2. The lowest BCUT2D eigenvalue weighted by molar-refractivity contribution is 0.402. The lowest BCUT2D eigenvalue weighted by Gasteiger charge is -2.10. The maximum absolute atomic E-state index is 12.5. The lowest BCUT2D eigenvalue weighted by atomic mass is 10.2. The number of aromatic nitrogens is 2. The van der Waals surface area contributed by atoms with E-state index in [4.69, 9.17) is 16.3 Å². The Hall–Kier alpha value is -2.00. The number of hydrogen-bond acceptors (Lipinski definition) is 6. The van der Waals surface area contributed by atoms with Crippen molar-refractivity contribution in [1.82, 2.24) is 14.7 Å². The van der Waals surface area contributed by atoms with Crippen LogP contribution >= 0.6 is 22.9 Å². The summed E-state index contributed by atoms with van der Waals surface area (Å²) in [5.41, 5.74) is 1.64. The highest BCUT2D eigenvalue weighted by atomic mass is 35.5. The van der Waals surface area contributed by atoms with E-state index in [2.05, 4.69) is 14.7 Å². The molecule has 0 aliphatic carbocycles. The van der Waals surface area contributed by atoms with Gasteiger partial charge >= 0.3 is 0 Å². The van der Waals surface area contributed by atoms with Crippen LogP contribution in [0.3, 0.4) is 0 Å². The fourth-order valence-electron chi connectivity index (χ4n) is 2.13. The maximum Gasteiger partial charge on any atom is 0.244 e. The average Bonchev–Trinajstić information content (AvgIpc) is 3.10. The molecule has 0 saturated carbocycles. The smallest absolute Gasteiger partial charge is 0.244 e. The van der Waals surface area contributed by atoms with Crippen molar-refractivity contribution < 1.29 is 13.2 Å². The van der Waals surface area contributed by atoms with Gasteiger partial charge in [-0.15, -0.1) is 11.3 Å². The van der Waals surface area contributed by atoms with Crippen molar-refractivity contribution in [2.75, 3.05) is 7.11 Å². The Labute approximate surface area is 154 Å². The van der Waals surface area contributed by atoms with Crippen LogP contribution in [-0.2, 0) is 16.6 Å².